The lowest BCUT2D eigenvalue weighted by atomic mass is 9.98. The molecule has 28 heavy (non-hydrogen) atoms. The topological polar surface area (TPSA) is 87.1 Å². The maximum absolute atomic E-state index is 12.3. The number of carbonyl (C=O) groups excluding carboxylic acids is 1. The van der Waals surface area contributed by atoms with Crippen molar-refractivity contribution in [3.63, 3.8) is 0 Å². The van der Waals surface area contributed by atoms with E-state index in [1.807, 2.05) is 18.2 Å². The highest BCUT2D eigenvalue weighted by Crippen LogP contribution is 2.17. The van der Waals surface area contributed by atoms with Crippen molar-refractivity contribution in [2.45, 2.75) is 44.2 Å². The van der Waals surface area contributed by atoms with Crippen LogP contribution in [0.1, 0.15) is 31.2 Å². The van der Waals surface area contributed by atoms with Gasteiger partial charge in [0.15, 0.2) is 5.78 Å². The summed E-state index contributed by atoms with van der Waals surface area (Å²) in [6.07, 6.45) is 6.21. The van der Waals surface area contributed by atoms with E-state index >= 15 is 0 Å². The Balaban J connectivity index is 1.82. The molecule has 0 spiro atoms. The molecule has 1 fully saturated rings. The molecule has 2 rings (SSSR count). The fourth-order valence-corrected chi connectivity index (χ4v) is 3.53. The van der Waals surface area contributed by atoms with Gasteiger partial charge in [-0.2, -0.15) is 0 Å². The number of aliphatic carboxylic acids is 1. The number of likely N-dealkylation sites (tertiary alicyclic amines) is 1. The molecular formula is C21H28ClNO5. The number of rotatable bonds is 11. The maximum Gasteiger partial charge on any atom is 0.329 e. The first kappa shape index (κ1) is 22.6. The van der Waals surface area contributed by atoms with Crippen molar-refractivity contribution < 1.29 is 24.5 Å². The third-order valence-electron chi connectivity index (χ3n) is 4.65. The van der Waals surface area contributed by atoms with Crippen LogP contribution in [0.15, 0.2) is 36.4 Å². The van der Waals surface area contributed by atoms with E-state index in [4.69, 9.17) is 21.4 Å². The van der Waals surface area contributed by atoms with Gasteiger partial charge >= 0.3 is 5.97 Å². The quantitative estimate of drug-likeness (QED) is 0.431. The van der Waals surface area contributed by atoms with E-state index in [1.54, 1.807) is 18.2 Å². The highest BCUT2D eigenvalue weighted by molar-refractivity contribution is 6.30. The molecule has 1 aliphatic rings. The molecule has 1 aromatic carbocycles. The van der Waals surface area contributed by atoms with Gasteiger partial charge < -0.3 is 14.9 Å². The number of aliphatic hydroxyl groups excluding tert-OH is 1. The molecule has 2 unspecified atom stereocenters. The molecule has 0 amide bonds. The van der Waals surface area contributed by atoms with Crippen molar-refractivity contribution in [2.24, 2.45) is 0 Å². The van der Waals surface area contributed by atoms with Crippen molar-refractivity contribution in [1.82, 2.24) is 4.90 Å². The van der Waals surface area contributed by atoms with Crippen molar-refractivity contribution in [3.8, 4) is 0 Å². The highest BCUT2D eigenvalue weighted by atomic mass is 35.5. The first-order valence-electron chi connectivity index (χ1n) is 9.63. The molecule has 0 aliphatic carbocycles. The lowest BCUT2D eigenvalue weighted by Gasteiger charge is -2.33. The van der Waals surface area contributed by atoms with E-state index in [-0.39, 0.29) is 18.4 Å². The summed E-state index contributed by atoms with van der Waals surface area (Å²) in [5.41, 5.74) is 0.942. The Labute approximate surface area is 170 Å². The largest absolute Gasteiger partial charge is 0.480 e. The molecular weight excluding hydrogens is 382 g/mol. The minimum Gasteiger partial charge on any atom is -0.480 e. The minimum atomic E-state index is -0.969. The summed E-state index contributed by atoms with van der Waals surface area (Å²) < 4.78 is 5.03. The van der Waals surface area contributed by atoms with Crippen LogP contribution in [0.3, 0.4) is 0 Å². The number of Topliss-reactive ketones (excluding diaryl/α,β-unsaturated/α-hetero) is 1. The van der Waals surface area contributed by atoms with Crippen LogP contribution in [0.5, 0.6) is 0 Å². The number of hydrogen-bond acceptors (Lipinski definition) is 5. The first-order chi connectivity index (χ1) is 13.5. The number of carboxylic acid groups (broad SMARTS) is 1. The number of halogens is 1. The highest BCUT2D eigenvalue weighted by Gasteiger charge is 2.27. The second-order valence-electron chi connectivity index (χ2n) is 6.99. The standard InChI is InChI=1S/C21H28ClNO5/c22-17-6-3-5-16(13-17)14-18(24)8-9-19-20(25)7-4-11-23(19)10-1-2-12-28-15-21(26)27/h3,5-6,8-9,13,18-19,24H,1-2,4,7,10-12,14-15H2,(H,26,27). The van der Waals surface area contributed by atoms with Crippen LogP contribution >= 0.6 is 11.6 Å². The van der Waals surface area contributed by atoms with E-state index in [2.05, 4.69) is 4.90 Å². The zero-order chi connectivity index (χ0) is 20.4. The van der Waals surface area contributed by atoms with Gasteiger partial charge in [0.1, 0.15) is 6.61 Å². The summed E-state index contributed by atoms with van der Waals surface area (Å²) in [6, 6.07) is 7.05. The Hall–Kier alpha value is -1.73. The third-order valence-corrected chi connectivity index (χ3v) is 4.89. The number of benzene rings is 1. The number of nitrogens with zero attached hydrogens (tertiary/aromatic N) is 1. The van der Waals surface area contributed by atoms with Gasteiger partial charge in [0.05, 0.1) is 12.1 Å². The summed E-state index contributed by atoms with van der Waals surface area (Å²) in [5.74, 6) is -0.803. The van der Waals surface area contributed by atoms with Crippen LogP contribution in [0, 0.1) is 0 Å². The number of piperidine rings is 1. The lowest BCUT2D eigenvalue weighted by Crippen LogP contribution is -2.45. The van der Waals surface area contributed by atoms with Crippen molar-refractivity contribution >= 4 is 23.4 Å². The minimum absolute atomic E-state index is 0.166. The molecule has 0 saturated carbocycles. The fraction of sp³-hybridized carbons (Fsp3) is 0.524. The van der Waals surface area contributed by atoms with Crippen LogP contribution < -0.4 is 0 Å². The van der Waals surface area contributed by atoms with Gasteiger partial charge in [-0.1, -0.05) is 35.9 Å². The summed E-state index contributed by atoms with van der Waals surface area (Å²) in [7, 11) is 0. The van der Waals surface area contributed by atoms with E-state index in [1.165, 1.54) is 0 Å². The average molecular weight is 410 g/mol. The second-order valence-corrected chi connectivity index (χ2v) is 7.43. The maximum atomic E-state index is 12.3. The zero-order valence-corrected chi connectivity index (χ0v) is 16.7. The summed E-state index contributed by atoms with van der Waals surface area (Å²) in [5, 5.41) is 19.5. The molecule has 1 heterocycles. The molecule has 0 aromatic heterocycles. The number of unbranched alkanes of at least 4 members (excludes halogenated alkanes) is 1. The summed E-state index contributed by atoms with van der Waals surface area (Å²) in [6.45, 7) is 1.69. The second kappa shape index (κ2) is 12.0. The van der Waals surface area contributed by atoms with Crippen LogP contribution in [0.25, 0.3) is 0 Å². The number of ether oxygens (including phenoxy) is 1. The molecule has 154 valence electrons. The van der Waals surface area contributed by atoms with Gasteiger partial charge in [0.2, 0.25) is 0 Å². The van der Waals surface area contributed by atoms with E-state index in [0.717, 1.165) is 37.9 Å². The van der Waals surface area contributed by atoms with Gasteiger partial charge in [-0.05, 0) is 50.0 Å². The van der Waals surface area contributed by atoms with Gasteiger partial charge in [-0.3, -0.25) is 9.69 Å². The summed E-state index contributed by atoms with van der Waals surface area (Å²) in [4.78, 5) is 24.9. The number of ketones is 1. The Morgan fingerprint density at radius 3 is 2.96 bits per heavy atom. The number of carbonyl (C=O) groups is 2. The van der Waals surface area contributed by atoms with Crippen molar-refractivity contribution in [2.75, 3.05) is 26.3 Å². The van der Waals surface area contributed by atoms with Gasteiger partial charge in [0, 0.05) is 24.5 Å². The van der Waals surface area contributed by atoms with Crippen LogP contribution in [-0.2, 0) is 20.7 Å². The van der Waals surface area contributed by atoms with Gasteiger partial charge in [-0.15, -0.1) is 0 Å². The SMILES string of the molecule is O=C(O)COCCCCN1CCCC(=O)C1C=CC(O)Cc1cccc(Cl)c1. The first-order valence-corrected chi connectivity index (χ1v) is 10.0. The predicted molar refractivity (Wildman–Crippen MR) is 108 cm³/mol. The Bertz CT molecular complexity index is 679. The van der Waals surface area contributed by atoms with Crippen molar-refractivity contribution in [3.05, 3.63) is 47.0 Å². The Morgan fingerprint density at radius 2 is 2.21 bits per heavy atom. The smallest absolute Gasteiger partial charge is 0.329 e. The molecule has 0 radical (unpaired) electrons. The molecule has 7 heteroatoms. The summed E-state index contributed by atoms with van der Waals surface area (Å²) >= 11 is 5.97. The number of hydrogen-bond donors (Lipinski definition) is 2. The normalized spacial score (nSPS) is 19.2. The fourth-order valence-electron chi connectivity index (χ4n) is 3.31. The lowest BCUT2D eigenvalue weighted by molar-refractivity contribution is -0.142. The van der Waals surface area contributed by atoms with Gasteiger partial charge in [0.25, 0.3) is 0 Å². The Kier molecular flexibility index (Phi) is 9.64. The molecule has 1 saturated heterocycles. The molecule has 6 nitrogen and oxygen atoms in total. The van der Waals surface area contributed by atoms with Crippen LogP contribution in [0.4, 0.5) is 0 Å². The third kappa shape index (κ3) is 8.10. The van der Waals surface area contributed by atoms with Gasteiger partial charge in [-0.25, -0.2) is 4.79 Å². The molecule has 2 atom stereocenters. The number of aliphatic hydroxyl groups is 1. The van der Waals surface area contributed by atoms with E-state index < -0.39 is 12.1 Å². The number of carboxylic acids is 1. The molecule has 2 N–H and O–H groups in total. The predicted octanol–water partition coefficient (Wildman–Crippen LogP) is 2.71. The van der Waals surface area contributed by atoms with Crippen molar-refractivity contribution in [1.29, 1.82) is 0 Å². The van der Waals surface area contributed by atoms with E-state index in [9.17, 15) is 14.7 Å². The van der Waals surface area contributed by atoms with Crippen LogP contribution in [0.2, 0.25) is 5.02 Å². The molecule has 1 aromatic rings. The average Bonchev–Trinajstić information content (AvgIpc) is 2.63. The van der Waals surface area contributed by atoms with Crippen LogP contribution in [-0.4, -0.2) is 65.3 Å². The molecule has 0 bridgehead atoms. The van der Waals surface area contributed by atoms with E-state index in [0.29, 0.717) is 24.5 Å². The monoisotopic (exact) mass is 409 g/mol. The molecule has 1 aliphatic heterocycles. The zero-order valence-electron chi connectivity index (χ0n) is 15.9. The Morgan fingerprint density at radius 1 is 1.39 bits per heavy atom.